The van der Waals surface area contributed by atoms with Gasteiger partial charge >= 0.3 is 0 Å². The minimum absolute atomic E-state index is 0. The fourth-order valence-corrected chi connectivity index (χ4v) is 1.00. The Hall–Kier alpha value is -1.04. The molecule has 1 rings (SSSR count). The van der Waals surface area contributed by atoms with Gasteiger partial charge in [0.05, 0.1) is 0 Å². The minimum atomic E-state index is 0. The Bertz CT molecular complexity index is 221. The van der Waals surface area contributed by atoms with Crippen LogP contribution in [0.15, 0.2) is 42.5 Å². The molecule has 0 aliphatic heterocycles. The van der Waals surface area contributed by atoms with E-state index < -0.39 is 0 Å². The van der Waals surface area contributed by atoms with Crippen molar-refractivity contribution in [3.63, 3.8) is 0 Å². The standard InChI is InChI=1S/C11H14.CH4/c1-10(2)8-9-11-6-4-3-5-7-11;/h3-7H,1,8-9H2,2H3;1H4. The summed E-state index contributed by atoms with van der Waals surface area (Å²) in [4.78, 5) is 0. The zero-order chi connectivity index (χ0) is 8.10. The van der Waals surface area contributed by atoms with Crippen molar-refractivity contribution in [1.29, 1.82) is 0 Å². The highest BCUT2D eigenvalue weighted by Crippen LogP contribution is 2.06. The molecular weight excluding hydrogens is 144 g/mol. The molecule has 0 atom stereocenters. The van der Waals surface area contributed by atoms with Crippen LogP contribution in [0.3, 0.4) is 0 Å². The molecule has 0 fully saturated rings. The summed E-state index contributed by atoms with van der Waals surface area (Å²) in [6.07, 6.45) is 2.22. The van der Waals surface area contributed by atoms with Gasteiger partial charge in [0.25, 0.3) is 0 Å². The molecule has 0 radical (unpaired) electrons. The molecule has 0 unspecified atom stereocenters. The van der Waals surface area contributed by atoms with Gasteiger partial charge in [0, 0.05) is 0 Å². The fourth-order valence-electron chi connectivity index (χ4n) is 1.00. The van der Waals surface area contributed by atoms with Gasteiger partial charge in [-0.05, 0) is 25.3 Å². The number of benzene rings is 1. The van der Waals surface area contributed by atoms with Crippen molar-refractivity contribution in [2.24, 2.45) is 0 Å². The van der Waals surface area contributed by atoms with Crippen molar-refractivity contribution in [2.75, 3.05) is 0 Å². The van der Waals surface area contributed by atoms with E-state index in [9.17, 15) is 0 Å². The molecule has 0 N–H and O–H groups in total. The van der Waals surface area contributed by atoms with Crippen LogP contribution in [-0.4, -0.2) is 0 Å². The number of hydrogen-bond donors (Lipinski definition) is 0. The maximum atomic E-state index is 3.87. The highest BCUT2D eigenvalue weighted by Gasteiger charge is 1.90. The van der Waals surface area contributed by atoms with E-state index in [2.05, 4.69) is 37.8 Å². The predicted molar refractivity (Wildman–Crippen MR) is 56.3 cm³/mol. The maximum absolute atomic E-state index is 3.87. The summed E-state index contributed by atoms with van der Waals surface area (Å²) in [5.41, 5.74) is 2.66. The molecule has 0 spiro atoms. The summed E-state index contributed by atoms with van der Waals surface area (Å²) in [5, 5.41) is 0. The van der Waals surface area contributed by atoms with Gasteiger partial charge in [-0.25, -0.2) is 0 Å². The largest absolute Gasteiger partial charge is 0.100 e. The number of rotatable bonds is 3. The molecule has 1 aromatic carbocycles. The van der Waals surface area contributed by atoms with Gasteiger partial charge < -0.3 is 0 Å². The van der Waals surface area contributed by atoms with Crippen molar-refractivity contribution in [2.45, 2.75) is 27.2 Å². The molecule has 0 amide bonds. The average Bonchev–Trinajstić information content (AvgIpc) is 2.03. The average molecular weight is 162 g/mol. The lowest BCUT2D eigenvalue weighted by atomic mass is 10.1. The normalized spacial score (nSPS) is 8.75. The zero-order valence-electron chi connectivity index (χ0n) is 7.01. The van der Waals surface area contributed by atoms with E-state index >= 15 is 0 Å². The minimum Gasteiger partial charge on any atom is -0.100 e. The van der Waals surface area contributed by atoms with Crippen molar-refractivity contribution < 1.29 is 0 Å². The summed E-state index contributed by atoms with van der Waals surface area (Å²) < 4.78 is 0. The molecular formula is C12H18. The van der Waals surface area contributed by atoms with Crippen LogP contribution >= 0.6 is 0 Å². The van der Waals surface area contributed by atoms with Gasteiger partial charge in [-0.15, -0.1) is 6.58 Å². The third kappa shape index (κ3) is 3.97. The van der Waals surface area contributed by atoms with E-state index in [1.54, 1.807) is 0 Å². The Balaban J connectivity index is 0.00000121. The zero-order valence-corrected chi connectivity index (χ0v) is 7.01. The van der Waals surface area contributed by atoms with Gasteiger partial charge in [-0.3, -0.25) is 0 Å². The van der Waals surface area contributed by atoms with Crippen LogP contribution in [0.25, 0.3) is 0 Å². The van der Waals surface area contributed by atoms with E-state index in [0.717, 1.165) is 12.8 Å². The second-order valence-corrected chi connectivity index (χ2v) is 2.94. The second-order valence-electron chi connectivity index (χ2n) is 2.94. The Morgan fingerprint density at radius 3 is 2.33 bits per heavy atom. The molecule has 0 aromatic heterocycles. The SMILES string of the molecule is C.C=C(C)CCc1ccccc1. The monoisotopic (exact) mass is 162 g/mol. The first kappa shape index (κ1) is 11.0. The molecule has 1 aromatic rings. The number of allylic oxidation sites excluding steroid dienone is 1. The molecule has 0 aliphatic rings. The number of aryl methyl sites for hydroxylation is 1. The summed E-state index contributed by atoms with van der Waals surface area (Å²) >= 11 is 0. The van der Waals surface area contributed by atoms with Crippen LogP contribution < -0.4 is 0 Å². The van der Waals surface area contributed by atoms with Crippen LogP contribution in [0.2, 0.25) is 0 Å². The van der Waals surface area contributed by atoms with Crippen molar-refractivity contribution >= 4 is 0 Å². The smallest absolute Gasteiger partial charge is 0.0242 e. The fraction of sp³-hybridized carbons (Fsp3) is 0.333. The Morgan fingerprint density at radius 1 is 1.25 bits per heavy atom. The molecule has 0 bridgehead atoms. The van der Waals surface area contributed by atoms with Gasteiger partial charge in [0.1, 0.15) is 0 Å². The molecule has 0 aliphatic carbocycles. The third-order valence-electron chi connectivity index (χ3n) is 1.68. The van der Waals surface area contributed by atoms with Crippen molar-refractivity contribution in [1.82, 2.24) is 0 Å². The van der Waals surface area contributed by atoms with Gasteiger partial charge in [-0.1, -0.05) is 43.3 Å². The Labute approximate surface area is 75.9 Å². The predicted octanol–water partition coefficient (Wildman–Crippen LogP) is 3.83. The Kier molecular flexibility index (Phi) is 5.11. The first-order valence-corrected chi connectivity index (χ1v) is 3.97. The van der Waals surface area contributed by atoms with E-state index in [1.165, 1.54) is 11.1 Å². The second kappa shape index (κ2) is 5.59. The van der Waals surface area contributed by atoms with Gasteiger partial charge in [0.2, 0.25) is 0 Å². The Morgan fingerprint density at radius 2 is 1.83 bits per heavy atom. The molecule has 0 nitrogen and oxygen atoms in total. The number of hydrogen-bond acceptors (Lipinski definition) is 0. The van der Waals surface area contributed by atoms with E-state index in [0.29, 0.717) is 0 Å². The van der Waals surface area contributed by atoms with Crippen LogP contribution in [0, 0.1) is 0 Å². The van der Waals surface area contributed by atoms with Crippen LogP contribution in [0.1, 0.15) is 26.3 Å². The molecule has 0 saturated carbocycles. The topological polar surface area (TPSA) is 0 Å². The third-order valence-corrected chi connectivity index (χ3v) is 1.68. The quantitative estimate of drug-likeness (QED) is 0.592. The van der Waals surface area contributed by atoms with Crippen molar-refractivity contribution in [3.05, 3.63) is 48.0 Å². The van der Waals surface area contributed by atoms with Gasteiger partial charge in [0.15, 0.2) is 0 Å². The van der Waals surface area contributed by atoms with E-state index in [-0.39, 0.29) is 7.43 Å². The highest BCUT2D eigenvalue weighted by molar-refractivity contribution is 5.15. The summed E-state index contributed by atoms with van der Waals surface area (Å²) in [6, 6.07) is 10.5. The van der Waals surface area contributed by atoms with Gasteiger partial charge in [-0.2, -0.15) is 0 Å². The summed E-state index contributed by atoms with van der Waals surface area (Å²) in [7, 11) is 0. The first-order chi connectivity index (χ1) is 5.29. The van der Waals surface area contributed by atoms with Crippen LogP contribution in [-0.2, 0) is 6.42 Å². The van der Waals surface area contributed by atoms with E-state index in [4.69, 9.17) is 0 Å². The molecule has 12 heavy (non-hydrogen) atoms. The maximum Gasteiger partial charge on any atom is -0.0242 e. The molecule has 0 saturated heterocycles. The van der Waals surface area contributed by atoms with Crippen molar-refractivity contribution in [3.8, 4) is 0 Å². The lowest BCUT2D eigenvalue weighted by Gasteiger charge is -1.98. The first-order valence-electron chi connectivity index (χ1n) is 3.97. The summed E-state index contributed by atoms with van der Waals surface area (Å²) in [5.74, 6) is 0. The molecule has 0 heteroatoms. The molecule has 0 heterocycles. The molecule has 66 valence electrons. The lowest BCUT2D eigenvalue weighted by Crippen LogP contribution is -1.83. The van der Waals surface area contributed by atoms with E-state index in [1.807, 2.05) is 6.07 Å². The lowest BCUT2D eigenvalue weighted by molar-refractivity contribution is 0.946. The van der Waals surface area contributed by atoms with Crippen LogP contribution in [0.4, 0.5) is 0 Å². The summed E-state index contributed by atoms with van der Waals surface area (Å²) in [6.45, 7) is 5.94. The van der Waals surface area contributed by atoms with Crippen LogP contribution in [0.5, 0.6) is 0 Å². The highest BCUT2D eigenvalue weighted by atomic mass is 14.0.